The van der Waals surface area contributed by atoms with Crippen molar-refractivity contribution in [3.8, 4) is 0 Å². The SMILES string of the molecule is Cc1ccc(CNC(=O)N(CCC(=O)O)C(C)C)cn1. The molecule has 0 fully saturated rings. The van der Waals surface area contributed by atoms with E-state index in [0.29, 0.717) is 6.54 Å². The summed E-state index contributed by atoms with van der Waals surface area (Å²) in [6.07, 6.45) is 1.66. The van der Waals surface area contributed by atoms with Crippen molar-refractivity contribution in [2.24, 2.45) is 0 Å². The molecule has 0 saturated carbocycles. The van der Waals surface area contributed by atoms with Crippen molar-refractivity contribution in [3.05, 3.63) is 29.6 Å². The van der Waals surface area contributed by atoms with Gasteiger partial charge in [-0.15, -0.1) is 0 Å². The monoisotopic (exact) mass is 279 g/mol. The maximum Gasteiger partial charge on any atom is 0.317 e. The highest BCUT2D eigenvalue weighted by Crippen LogP contribution is 2.03. The zero-order chi connectivity index (χ0) is 15.1. The molecule has 0 aliphatic rings. The Balaban J connectivity index is 2.53. The Morgan fingerprint density at radius 1 is 1.40 bits per heavy atom. The predicted molar refractivity (Wildman–Crippen MR) is 75.3 cm³/mol. The fourth-order valence-electron chi connectivity index (χ4n) is 1.69. The van der Waals surface area contributed by atoms with Gasteiger partial charge in [-0.05, 0) is 32.4 Å². The number of aromatic nitrogens is 1. The van der Waals surface area contributed by atoms with Crippen LogP contribution in [0.4, 0.5) is 4.79 Å². The molecule has 2 amide bonds. The first-order chi connectivity index (χ1) is 9.40. The van der Waals surface area contributed by atoms with Crippen LogP contribution in [0.15, 0.2) is 18.3 Å². The van der Waals surface area contributed by atoms with Gasteiger partial charge in [-0.3, -0.25) is 9.78 Å². The van der Waals surface area contributed by atoms with Crippen LogP contribution in [-0.4, -0.2) is 39.6 Å². The van der Waals surface area contributed by atoms with Gasteiger partial charge in [0.1, 0.15) is 0 Å². The topological polar surface area (TPSA) is 82.5 Å². The molecular weight excluding hydrogens is 258 g/mol. The van der Waals surface area contributed by atoms with E-state index in [-0.39, 0.29) is 25.0 Å². The van der Waals surface area contributed by atoms with Gasteiger partial charge < -0.3 is 15.3 Å². The molecule has 0 aromatic carbocycles. The molecule has 2 N–H and O–H groups in total. The van der Waals surface area contributed by atoms with Crippen LogP contribution in [0.5, 0.6) is 0 Å². The van der Waals surface area contributed by atoms with E-state index >= 15 is 0 Å². The Kier molecular flexibility index (Phi) is 5.96. The third-order valence-electron chi connectivity index (χ3n) is 2.87. The fourth-order valence-corrected chi connectivity index (χ4v) is 1.69. The number of amides is 2. The van der Waals surface area contributed by atoms with Crippen LogP contribution in [0.2, 0.25) is 0 Å². The molecule has 6 nitrogen and oxygen atoms in total. The van der Waals surface area contributed by atoms with E-state index in [1.807, 2.05) is 32.9 Å². The fraction of sp³-hybridized carbons (Fsp3) is 0.500. The van der Waals surface area contributed by atoms with Crippen LogP contribution >= 0.6 is 0 Å². The number of pyridine rings is 1. The van der Waals surface area contributed by atoms with Gasteiger partial charge in [0.05, 0.1) is 6.42 Å². The molecule has 0 unspecified atom stereocenters. The van der Waals surface area contributed by atoms with E-state index in [2.05, 4.69) is 10.3 Å². The van der Waals surface area contributed by atoms with Gasteiger partial charge in [-0.1, -0.05) is 6.07 Å². The molecule has 0 aliphatic carbocycles. The zero-order valence-corrected chi connectivity index (χ0v) is 12.1. The van der Waals surface area contributed by atoms with Gasteiger partial charge >= 0.3 is 12.0 Å². The van der Waals surface area contributed by atoms with E-state index in [4.69, 9.17) is 5.11 Å². The largest absolute Gasteiger partial charge is 0.481 e. The Labute approximate surface area is 118 Å². The van der Waals surface area contributed by atoms with Crippen molar-refractivity contribution >= 4 is 12.0 Å². The summed E-state index contributed by atoms with van der Waals surface area (Å²) in [5.74, 6) is -0.911. The average Bonchev–Trinajstić information content (AvgIpc) is 2.37. The highest BCUT2D eigenvalue weighted by molar-refractivity contribution is 5.75. The number of carboxylic acid groups (broad SMARTS) is 1. The Morgan fingerprint density at radius 3 is 2.60 bits per heavy atom. The quantitative estimate of drug-likeness (QED) is 0.831. The molecule has 0 atom stereocenters. The number of aliphatic carboxylic acids is 1. The van der Waals surface area contributed by atoms with Crippen molar-refractivity contribution in [1.29, 1.82) is 0 Å². The Morgan fingerprint density at radius 2 is 2.10 bits per heavy atom. The highest BCUT2D eigenvalue weighted by atomic mass is 16.4. The maximum atomic E-state index is 12.0. The highest BCUT2D eigenvalue weighted by Gasteiger charge is 2.17. The van der Waals surface area contributed by atoms with Gasteiger partial charge in [0.2, 0.25) is 0 Å². The molecule has 1 heterocycles. The minimum atomic E-state index is -0.911. The Bertz CT molecular complexity index is 457. The number of nitrogens with one attached hydrogen (secondary N) is 1. The number of hydrogen-bond donors (Lipinski definition) is 2. The molecular formula is C14H21N3O3. The van der Waals surface area contributed by atoms with E-state index in [9.17, 15) is 9.59 Å². The maximum absolute atomic E-state index is 12.0. The summed E-state index contributed by atoms with van der Waals surface area (Å²) in [6.45, 7) is 6.19. The molecule has 0 bridgehead atoms. The van der Waals surface area contributed by atoms with Crippen molar-refractivity contribution in [3.63, 3.8) is 0 Å². The van der Waals surface area contributed by atoms with Gasteiger partial charge in [-0.2, -0.15) is 0 Å². The Hall–Kier alpha value is -2.11. The summed E-state index contributed by atoms with van der Waals surface area (Å²) in [7, 11) is 0. The summed E-state index contributed by atoms with van der Waals surface area (Å²) in [5.41, 5.74) is 1.83. The number of carboxylic acids is 1. The molecule has 0 saturated heterocycles. The first-order valence-corrected chi connectivity index (χ1v) is 6.58. The van der Waals surface area contributed by atoms with Gasteiger partial charge in [0.25, 0.3) is 0 Å². The van der Waals surface area contributed by atoms with Crippen LogP contribution < -0.4 is 5.32 Å². The number of carbonyl (C=O) groups excluding carboxylic acids is 1. The summed E-state index contributed by atoms with van der Waals surface area (Å²) in [6, 6.07) is 3.47. The molecule has 110 valence electrons. The third-order valence-corrected chi connectivity index (χ3v) is 2.87. The van der Waals surface area contributed by atoms with Crippen LogP contribution in [-0.2, 0) is 11.3 Å². The molecule has 1 aromatic rings. The number of carbonyl (C=O) groups is 2. The first-order valence-electron chi connectivity index (χ1n) is 6.58. The van der Waals surface area contributed by atoms with E-state index < -0.39 is 5.97 Å². The minimum absolute atomic E-state index is 0.0505. The van der Waals surface area contributed by atoms with Crippen molar-refractivity contribution in [2.75, 3.05) is 6.54 Å². The van der Waals surface area contributed by atoms with Gasteiger partial charge in [-0.25, -0.2) is 4.79 Å². The van der Waals surface area contributed by atoms with Crippen molar-refractivity contribution in [2.45, 2.75) is 39.8 Å². The number of urea groups is 1. The summed E-state index contributed by atoms with van der Waals surface area (Å²) >= 11 is 0. The number of hydrogen-bond acceptors (Lipinski definition) is 3. The zero-order valence-electron chi connectivity index (χ0n) is 12.1. The molecule has 0 radical (unpaired) electrons. The molecule has 1 rings (SSSR count). The molecule has 0 aliphatic heterocycles. The molecule has 6 heteroatoms. The summed E-state index contributed by atoms with van der Waals surface area (Å²) in [4.78, 5) is 28.3. The first kappa shape index (κ1) is 15.9. The number of aryl methyl sites for hydroxylation is 1. The number of rotatable bonds is 6. The van der Waals surface area contributed by atoms with Crippen molar-refractivity contribution < 1.29 is 14.7 Å². The summed E-state index contributed by atoms with van der Waals surface area (Å²) in [5, 5.41) is 11.5. The normalized spacial score (nSPS) is 10.4. The molecule has 0 spiro atoms. The lowest BCUT2D eigenvalue weighted by molar-refractivity contribution is -0.137. The van der Waals surface area contributed by atoms with Gasteiger partial charge in [0, 0.05) is 31.0 Å². The summed E-state index contributed by atoms with van der Waals surface area (Å²) < 4.78 is 0. The van der Waals surface area contributed by atoms with E-state index in [1.165, 1.54) is 4.90 Å². The second kappa shape index (κ2) is 7.47. The smallest absolute Gasteiger partial charge is 0.317 e. The minimum Gasteiger partial charge on any atom is -0.481 e. The van der Waals surface area contributed by atoms with Crippen LogP contribution in [0.1, 0.15) is 31.5 Å². The van der Waals surface area contributed by atoms with E-state index in [0.717, 1.165) is 11.3 Å². The molecule has 1 aromatic heterocycles. The van der Waals surface area contributed by atoms with E-state index in [1.54, 1.807) is 6.20 Å². The van der Waals surface area contributed by atoms with Gasteiger partial charge in [0.15, 0.2) is 0 Å². The lowest BCUT2D eigenvalue weighted by Crippen LogP contribution is -2.44. The average molecular weight is 279 g/mol. The second-order valence-corrected chi connectivity index (χ2v) is 4.90. The predicted octanol–water partition coefficient (Wildman–Crippen LogP) is 1.78. The third kappa shape index (κ3) is 5.26. The number of nitrogens with zero attached hydrogens (tertiary/aromatic N) is 2. The van der Waals surface area contributed by atoms with Crippen LogP contribution in [0.3, 0.4) is 0 Å². The van der Waals surface area contributed by atoms with Crippen LogP contribution in [0, 0.1) is 6.92 Å². The standard InChI is InChI=1S/C14H21N3O3/c1-10(2)17(7-6-13(18)19)14(20)16-9-12-5-4-11(3)15-8-12/h4-5,8,10H,6-7,9H2,1-3H3,(H,16,20)(H,18,19). The lowest BCUT2D eigenvalue weighted by atomic mass is 10.2. The van der Waals surface area contributed by atoms with Crippen LogP contribution in [0.25, 0.3) is 0 Å². The lowest BCUT2D eigenvalue weighted by Gasteiger charge is -2.26. The van der Waals surface area contributed by atoms with Crippen molar-refractivity contribution in [1.82, 2.24) is 15.2 Å². The molecule has 20 heavy (non-hydrogen) atoms. The second-order valence-electron chi connectivity index (χ2n) is 4.90.